The summed E-state index contributed by atoms with van der Waals surface area (Å²) in [6.07, 6.45) is 4.04. The van der Waals surface area contributed by atoms with Gasteiger partial charge in [0.25, 0.3) is 0 Å². The number of nitrogens with zero attached hydrogens (tertiary/aromatic N) is 5. The predicted molar refractivity (Wildman–Crippen MR) is 148 cm³/mol. The number of fused-ring (bicyclic) bond motifs is 2. The number of alkyl halides is 2. The summed E-state index contributed by atoms with van der Waals surface area (Å²) in [5, 5.41) is 9.56. The molecule has 6 nitrogen and oxygen atoms in total. The van der Waals surface area contributed by atoms with E-state index in [4.69, 9.17) is 5.10 Å². The number of hydrogen-bond acceptors (Lipinski definition) is 4. The number of anilines is 2. The SMILES string of the molecule is Fc1cccc(-c2nn(CC3CC3)c3cc(NC4CCN(c5nc6ccccc6n5C(F)F)CC4)ccc23)c1. The van der Waals surface area contributed by atoms with E-state index in [-0.39, 0.29) is 11.9 Å². The highest BCUT2D eigenvalue weighted by atomic mass is 19.3. The van der Waals surface area contributed by atoms with E-state index in [1.165, 1.54) is 25.0 Å². The Morgan fingerprint density at radius 2 is 1.72 bits per heavy atom. The molecule has 2 fully saturated rings. The van der Waals surface area contributed by atoms with Gasteiger partial charge in [0.2, 0.25) is 5.95 Å². The second-order valence-electron chi connectivity index (χ2n) is 10.7. The van der Waals surface area contributed by atoms with Crippen molar-refractivity contribution in [2.75, 3.05) is 23.3 Å². The van der Waals surface area contributed by atoms with Gasteiger partial charge in [-0.15, -0.1) is 0 Å². The van der Waals surface area contributed by atoms with Crippen molar-refractivity contribution in [3.63, 3.8) is 0 Å². The number of para-hydroxylation sites is 2. The molecule has 0 bridgehead atoms. The second-order valence-corrected chi connectivity index (χ2v) is 10.7. The van der Waals surface area contributed by atoms with E-state index in [1.807, 2.05) is 17.0 Å². The number of nitrogens with one attached hydrogen (secondary N) is 1. The molecule has 5 aromatic rings. The first-order chi connectivity index (χ1) is 19.0. The average Bonchev–Trinajstić information content (AvgIpc) is 3.56. The van der Waals surface area contributed by atoms with Gasteiger partial charge < -0.3 is 10.2 Å². The third-order valence-electron chi connectivity index (χ3n) is 7.90. The number of piperidine rings is 1. The van der Waals surface area contributed by atoms with Crippen LogP contribution in [0, 0.1) is 11.7 Å². The number of benzene rings is 3. The summed E-state index contributed by atoms with van der Waals surface area (Å²) in [6, 6.07) is 20.1. The highest BCUT2D eigenvalue weighted by Gasteiger charge is 2.27. The minimum atomic E-state index is -2.65. The molecule has 0 amide bonds. The van der Waals surface area contributed by atoms with Gasteiger partial charge in [0.05, 0.1) is 16.6 Å². The minimum absolute atomic E-state index is 0.213. The molecule has 1 aliphatic heterocycles. The normalized spacial score (nSPS) is 16.6. The molecule has 39 heavy (non-hydrogen) atoms. The molecule has 0 spiro atoms. The fourth-order valence-corrected chi connectivity index (χ4v) is 5.70. The third-order valence-corrected chi connectivity index (χ3v) is 7.90. The lowest BCUT2D eigenvalue weighted by Gasteiger charge is -2.33. The van der Waals surface area contributed by atoms with Crippen molar-refractivity contribution in [3.8, 4) is 11.3 Å². The summed E-state index contributed by atoms with van der Waals surface area (Å²) >= 11 is 0. The summed E-state index contributed by atoms with van der Waals surface area (Å²) in [4.78, 5) is 6.49. The van der Waals surface area contributed by atoms with E-state index in [1.54, 1.807) is 24.3 Å². The van der Waals surface area contributed by atoms with Gasteiger partial charge in [-0.3, -0.25) is 9.25 Å². The van der Waals surface area contributed by atoms with Crippen LogP contribution in [0.3, 0.4) is 0 Å². The fraction of sp³-hybridized carbons (Fsp3) is 0.333. The lowest BCUT2D eigenvalue weighted by Crippen LogP contribution is -2.40. The van der Waals surface area contributed by atoms with E-state index in [0.29, 0.717) is 36.0 Å². The maximum atomic E-state index is 14.0. The zero-order chi connectivity index (χ0) is 26.5. The Morgan fingerprint density at radius 1 is 0.897 bits per heavy atom. The van der Waals surface area contributed by atoms with Gasteiger partial charge in [0, 0.05) is 42.3 Å². The van der Waals surface area contributed by atoms with E-state index in [9.17, 15) is 13.2 Å². The van der Waals surface area contributed by atoms with Gasteiger partial charge in [-0.1, -0.05) is 24.3 Å². The number of aromatic nitrogens is 4. The van der Waals surface area contributed by atoms with Crippen LogP contribution in [0.1, 0.15) is 32.2 Å². The predicted octanol–water partition coefficient (Wildman–Crippen LogP) is 7.08. The highest BCUT2D eigenvalue weighted by molar-refractivity contribution is 5.95. The zero-order valence-electron chi connectivity index (χ0n) is 21.4. The first kappa shape index (κ1) is 24.1. The van der Waals surface area contributed by atoms with Crippen LogP contribution in [0.4, 0.5) is 24.8 Å². The highest BCUT2D eigenvalue weighted by Crippen LogP contribution is 2.36. The summed E-state index contributed by atoms with van der Waals surface area (Å²) in [7, 11) is 0. The van der Waals surface area contributed by atoms with Crippen molar-refractivity contribution in [1.82, 2.24) is 19.3 Å². The number of imidazole rings is 1. The molecule has 0 atom stereocenters. The topological polar surface area (TPSA) is 50.9 Å². The van der Waals surface area contributed by atoms with Crippen LogP contribution in [0.2, 0.25) is 0 Å². The van der Waals surface area contributed by atoms with Crippen molar-refractivity contribution in [2.45, 2.75) is 44.8 Å². The molecular weight excluding hydrogens is 501 g/mol. The molecule has 200 valence electrons. The Morgan fingerprint density at radius 3 is 2.49 bits per heavy atom. The van der Waals surface area contributed by atoms with Crippen LogP contribution in [0.15, 0.2) is 66.7 Å². The lowest BCUT2D eigenvalue weighted by atomic mass is 10.0. The molecule has 3 heterocycles. The summed E-state index contributed by atoms with van der Waals surface area (Å²) in [6.45, 7) is -0.509. The molecule has 1 aliphatic carbocycles. The van der Waals surface area contributed by atoms with Crippen LogP contribution in [-0.2, 0) is 6.54 Å². The van der Waals surface area contributed by atoms with Crippen LogP contribution >= 0.6 is 0 Å². The smallest absolute Gasteiger partial charge is 0.321 e. The summed E-state index contributed by atoms with van der Waals surface area (Å²) in [5.74, 6) is 0.706. The zero-order valence-corrected chi connectivity index (χ0v) is 21.4. The van der Waals surface area contributed by atoms with Gasteiger partial charge in [-0.05, 0) is 74.1 Å². The van der Waals surface area contributed by atoms with Gasteiger partial charge in [-0.2, -0.15) is 13.9 Å². The quantitative estimate of drug-likeness (QED) is 0.244. The molecule has 2 aromatic heterocycles. The van der Waals surface area contributed by atoms with E-state index in [2.05, 4.69) is 33.2 Å². The largest absolute Gasteiger partial charge is 0.382 e. The Bertz CT molecular complexity index is 1650. The standard InChI is InChI=1S/C30H29F3N6/c31-21-5-3-4-20(16-21)28-24-11-10-23(17-27(24)38(36-28)18-19-8-9-19)34-22-12-14-37(15-13-22)30-35-25-6-1-2-7-26(25)39(30)29(32)33/h1-7,10-11,16-17,19,22,29,34H,8-9,12-15,18H2. The van der Waals surface area contributed by atoms with Crippen molar-refractivity contribution in [3.05, 3.63) is 72.5 Å². The van der Waals surface area contributed by atoms with Crippen molar-refractivity contribution >= 4 is 33.6 Å². The van der Waals surface area contributed by atoms with Crippen molar-refractivity contribution in [2.24, 2.45) is 5.92 Å². The lowest BCUT2D eigenvalue weighted by molar-refractivity contribution is 0.0757. The Balaban J connectivity index is 1.11. The number of hydrogen-bond donors (Lipinski definition) is 1. The maximum absolute atomic E-state index is 14.0. The molecule has 3 aromatic carbocycles. The number of halogens is 3. The monoisotopic (exact) mass is 530 g/mol. The molecular formula is C30H29F3N6. The molecule has 1 saturated carbocycles. The van der Waals surface area contributed by atoms with E-state index >= 15 is 0 Å². The van der Waals surface area contributed by atoms with Gasteiger partial charge in [-0.25, -0.2) is 9.37 Å². The molecule has 0 radical (unpaired) electrons. The van der Waals surface area contributed by atoms with E-state index < -0.39 is 6.55 Å². The molecule has 7 rings (SSSR count). The van der Waals surface area contributed by atoms with Gasteiger partial charge in [0.1, 0.15) is 11.5 Å². The van der Waals surface area contributed by atoms with Gasteiger partial charge >= 0.3 is 6.55 Å². The minimum Gasteiger partial charge on any atom is -0.382 e. The van der Waals surface area contributed by atoms with Crippen LogP contribution in [-0.4, -0.2) is 38.5 Å². The molecule has 2 aliphatic rings. The van der Waals surface area contributed by atoms with E-state index in [0.717, 1.165) is 51.8 Å². The Hall–Kier alpha value is -4.01. The van der Waals surface area contributed by atoms with Crippen LogP contribution in [0.5, 0.6) is 0 Å². The Labute approximate surface area is 224 Å². The average molecular weight is 531 g/mol. The fourth-order valence-electron chi connectivity index (χ4n) is 5.70. The van der Waals surface area contributed by atoms with Gasteiger partial charge in [0.15, 0.2) is 0 Å². The molecule has 0 unspecified atom stereocenters. The second kappa shape index (κ2) is 9.63. The summed E-state index contributed by atoms with van der Waals surface area (Å²) < 4.78 is 44.9. The van der Waals surface area contributed by atoms with Crippen LogP contribution in [0.25, 0.3) is 33.2 Å². The third kappa shape index (κ3) is 4.60. The number of rotatable bonds is 7. The van der Waals surface area contributed by atoms with Crippen molar-refractivity contribution in [1.29, 1.82) is 0 Å². The first-order valence-electron chi connectivity index (χ1n) is 13.6. The van der Waals surface area contributed by atoms with Crippen LogP contribution < -0.4 is 10.2 Å². The summed E-state index contributed by atoms with van der Waals surface area (Å²) in [5.41, 5.74) is 4.65. The maximum Gasteiger partial charge on any atom is 0.321 e. The molecule has 1 N–H and O–H groups in total. The Kier molecular flexibility index (Phi) is 5.94. The molecule has 1 saturated heterocycles. The van der Waals surface area contributed by atoms with Crippen molar-refractivity contribution < 1.29 is 13.2 Å². The molecule has 9 heteroatoms. The first-order valence-corrected chi connectivity index (χ1v) is 13.6.